The zero-order chi connectivity index (χ0) is 27.4. The first-order valence-corrected chi connectivity index (χ1v) is 9.41. The zero-order valence-corrected chi connectivity index (χ0v) is 22.0. The van der Waals surface area contributed by atoms with Crippen LogP contribution in [0, 0.1) is 0 Å². The van der Waals surface area contributed by atoms with Gasteiger partial charge in [-0.1, -0.05) is 72.8 Å². The molecule has 3 aromatic rings. The Bertz CT molecular complexity index is 1010. The van der Waals surface area contributed by atoms with E-state index in [-0.39, 0.29) is 72.3 Å². The van der Waals surface area contributed by atoms with Gasteiger partial charge in [0.05, 0.1) is 35.8 Å². The van der Waals surface area contributed by atoms with Crippen LogP contribution in [0.1, 0.15) is 62.1 Å². The van der Waals surface area contributed by atoms with Crippen LogP contribution in [-0.2, 0) is 39.0 Å². The molecule has 196 valence electrons. The third-order valence-electron chi connectivity index (χ3n) is 4.07. The number of hydrogen-bond acceptors (Lipinski definition) is 12. The molecule has 0 saturated heterocycles. The molecule has 3 aromatic carbocycles. The molecule has 0 spiro atoms. The second-order valence-corrected chi connectivity index (χ2v) is 6.46. The van der Waals surface area contributed by atoms with Crippen molar-refractivity contribution >= 4 is 35.8 Å². The first-order chi connectivity index (χ1) is 16.8. The van der Waals surface area contributed by atoms with Crippen LogP contribution in [-0.4, -0.2) is 35.8 Å². The number of carbonyl (C=O) groups excluding carboxylic acids is 6. The summed E-state index contributed by atoms with van der Waals surface area (Å²) in [6.07, 6.45) is 0. The van der Waals surface area contributed by atoms with Crippen molar-refractivity contribution < 1.29 is 98.4 Å². The Hall–Kier alpha value is -4.27. The van der Waals surface area contributed by atoms with Gasteiger partial charge in [-0.2, -0.15) is 0 Å². The van der Waals surface area contributed by atoms with Gasteiger partial charge in [-0.25, -0.2) is 0 Å². The summed E-state index contributed by atoms with van der Waals surface area (Å²) in [5, 5.41) is 61.2. The van der Waals surface area contributed by atoms with Gasteiger partial charge in [-0.3, -0.25) is 0 Å². The van der Waals surface area contributed by atoms with Crippen molar-refractivity contribution in [3.8, 4) is 0 Å². The van der Waals surface area contributed by atoms with Crippen molar-refractivity contribution in [2.75, 3.05) is 0 Å². The number of aromatic carboxylic acids is 6. The number of rotatable bonds is 6. The number of hydrogen-bond donors (Lipinski definition) is 0. The SMILES string of the molecule is O=C([O-])c1ccc(C(=O)[O-])cc1.O=C([O-])c1ccc(C(=O)[O-])cc1.O=C([O-])c1ccc(C(=O)[O-])cc1.[Ru+3].[Ru+3]. The summed E-state index contributed by atoms with van der Waals surface area (Å²) in [6, 6.07) is 13.8. The summed E-state index contributed by atoms with van der Waals surface area (Å²) in [6.45, 7) is 0. The van der Waals surface area contributed by atoms with E-state index in [2.05, 4.69) is 0 Å². The van der Waals surface area contributed by atoms with Gasteiger partial charge >= 0.3 is 39.0 Å². The first kappa shape index (κ1) is 35.9. The van der Waals surface area contributed by atoms with E-state index in [1.54, 1.807) is 0 Å². The zero-order valence-electron chi connectivity index (χ0n) is 18.5. The van der Waals surface area contributed by atoms with E-state index in [1.165, 1.54) is 0 Å². The standard InChI is InChI=1S/3C8H6O4.2Ru/c3*9-7(10)5-1-2-6(4-3-5)8(11)12;;/h3*1-4H,(H,9,10)(H,11,12);;/q;;;2*+3/p-6. The van der Waals surface area contributed by atoms with E-state index in [9.17, 15) is 59.4 Å². The van der Waals surface area contributed by atoms with E-state index in [0.29, 0.717) is 0 Å². The molecule has 0 aliphatic carbocycles. The third kappa shape index (κ3) is 12.1. The van der Waals surface area contributed by atoms with E-state index in [1.807, 2.05) is 0 Å². The van der Waals surface area contributed by atoms with Crippen LogP contribution in [0.25, 0.3) is 0 Å². The molecule has 0 heterocycles. The van der Waals surface area contributed by atoms with Gasteiger partial charge in [0, 0.05) is 0 Å². The van der Waals surface area contributed by atoms with E-state index >= 15 is 0 Å². The van der Waals surface area contributed by atoms with Gasteiger partial charge in [0.1, 0.15) is 0 Å². The minimum absolute atomic E-state index is 0. The van der Waals surface area contributed by atoms with Gasteiger partial charge in [-0.05, 0) is 33.4 Å². The Balaban J connectivity index is 0. The summed E-state index contributed by atoms with van der Waals surface area (Å²) in [4.78, 5) is 61.2. The van der Waals surface area contributed by atoms with Crippen LogP contribution in [0.4, 0.5) is 0 Å². The number of carboxylic acids is 6. The molecule has 0 aliphatic heterocycles. The van der Waals surface area contributed by atoms with Gasteiger partial charge in [0.2, 0.25) is 0 Å². The van der Waals surface area contributed by atoms with Crippen molar-refractivity contribution in [2.45, 2.75) is 0 Å². The molecule has 3 rings (SSSR count). The quantitative estimate of drug-likeness (QED) is 0.221. The maximum absolute atomic E-state index is 10.2. The molecule has 0 N–H and O–H groups in total. The van der Waals surface area contributed by atoms with Crippen LogP contribution >= 0.6 is 0 Å². The molecular weight excluding hydrogens is 682 g/mol. The Labute approximate surface area is 239 Å². The van der Waals surface area contributed by atoms with Crippen molar-refractivity contribution in [1.82, 2.24) is 0 Å². The molecule has 0 atom stereocenters. The summed E-state index contributed by atoms with van der Waals surface area (Å²) in [5.74, 6) is -8.00. The minimum Gasteiger partial charge on any atom is -0.545 e. The molecule has 14 heteroatoms. The van der Waals surface area contributed by atoms with Gasteiger partial charge in [0.25, 0.3) is 0 Å². The van der Waals surface area contributed by atoms with Gasteiger partial charge < -0.3 is 59.4 Å². The van der Waals surface area contributed by atoms with E-state index in [0.717, 1.165) is 72.8 Å². The van der Waals surface area contributed by atoms with E-state index in [4.69, 9.17) is 0 Å². The molecule has 0 aromatic heterocycles. The van der Waals surface area contributed by atoms with Crippen molar-refractivity contribution in [3.05, 3.63) is 106 Å². The maximum atomic E-state index is 10.2. The Morgan fingerprint density at radius 3 is 0.421 bits per heavy atom. The second-order valence-electron chi connectivity index (χ2n) is 6.46. The topological polar surface area (TPSA) is 241 Å². The average Bonchev–Trinajstić information content (AvgIpc) is 2.84. The Kier molecular flexibility index (Phi) is 16.3. The molecule has 0 aliphatic rings. The smallest absolute Gasteiger partial charge is 0.545 e. The van der Waals surface area contributed by atoms with Crippen molar-refractivity contribution in [2.24, 2.45) is 0 Å². The van der Waals surface area contributed by atoms with E-state index < -0.39 is 35.8 Å². The van der Waals surface area contributed by atoms with Gasteiger partial charge in [-0.15, -0.1) is 0 Å². The molecular formula is C24H12O12Ru2. The molecule has 0 saturated carbocycles. The largest absolute Gasteiger partial charge is 3.00 e. The number of carboxylic acid groups (broad SMARTS) is 6. The maximum Gasteiger partial charge on any atom is 3.00 e. The summed E-state index contributed by atoms with van der Waals surface area (Å²) in [5.41, 5.74) is -0.333. The number of carbonyl (C=O) groups is 6. The van der Waals surface area contributed by atoms with Crippen LogP contribution in [0.15, 0.2) is 72.8 Å². The van der Waals surface area contributed by atoms with Crippen molar-refractivity contribution in [3.63, 3.8) is 0 Å². The van der Waals surface area contributed by atoms with Crippen LogP contribution in [0.2, 0.25) is 0 Å². The van der Waals surface area contributed by atoms with Crippen molar-refractivity contribution in [1.29, 1.82) is 0 Å². The normalized spacial score (nSPS) is 8.84. The molecule has 12 nitrogen and oxygen atoms in total. The fourth-order valence-electron chi connectivity index (χ4n) is 2.23. The van der Waals surface area contributed by atoms with Crippen LogP contribution in [0.5, 0.6) is 0 Å². The summed E-state index contributed by atoms with van der Waals surface area (Å²) >= 11 is 0. The molecule has 0 amide bonds. The first-order valence-electron chi connectivity index (χ1n) is 9.41. The van der Waals surface area contributed by atoms with Crippen LogP contribution < -0.4 is 30.6 Å². The van der Waals surface area contributed by atoms with Crippen LogP contribution in [0.3, 0.4) is 0 Å². The molecule has 0 bridgehead atoms. The Morgan fingerprint density at radius 2 is 0.368 bits per heavy atom. The predicted octanol–water partition coefficient (Wildman–Crippen LogP) is -4.76. The number of benzene rings is 3. The van der Waals surface area contributed by atoms with Gasteiger partial charge in [0.15, 0.2) is 0 Å². The minimum atomic E-state index is -1.33. The summed E-state index contributed by atoms with van der Waals surface area (Å²) < 4.78 is 0. The summed E-state index contributed by atoms with van der Waals surface area (Å²) in [7, 11) is 0. The molecule has 0 unspecified atom stereocenters. The molecule has 0 fully saturated rings. The fourth-order valence-corrected chi connectivity index (χ4v) is 2.23. The Morgan fingerprint density at radius 1 is 0.289 bits per heavy atom. The average molecular weight is 694 g/mol. The second kappa shape index (κ2) is 17.2. The molecule has 2 radical (unpaired) electrons. The molecule has 38 heavy (non-hydrogen) atoms. The monoisotopic (exact) mass is 696 g/mol. The fraction of sp³-hybridized carbons (Fsp3) is 0. The third-order valence-corrected chi connectivity index (χ3v) is 4.07. The predicted molar refractivity (Wildman–Crippen MR) is 105 cm³/mol.